The molecular formula is C26H29N3O2. The van der Waals surface area contributed by atoms with Crippen LogP contribution in [0.15, 0.2) is 58.0 Å². The SMILES string of the molecule is Cc1cccc(NC(=O)c2oc3c(c2C)/C(=N\Nc2ccccc2)CC(C)(C)C3)c1C. The molecule has 0 fully saturated rings. The molecule has 2 aromatic carbocycles. The van der Waals surface area contributed by atoms with Gasteiger partial charge in [-0.25, -0.2) is 0 Å². The van der Waals surface area contributed by atoms with E-state index in [0.29, 0.717) is 5.76 Å². The Balaban J connectivity index is 1.68. The zero-order valence-electron chi connectivity index (χ0n) is 18.8. The summed E-state index contributed by atoms with van der Waals surface area (Å²) in [4.78, 5) is 13.1. The summed E-state index contributed by atoms with van der Waals surface area (Å²) < 4.78 is 6.14. The van der Waals surface area contributed by atoms with E-state index in [1.54, 1.807) is 0 Å². The molecule has 3 aromatic rings. The standard InChI is InChI=1S/C26H29N3O2/c1-16-10-9-13-20(17(16)2)27-25(30)24-18(3)23-21(14-26(4,5)15-22(23)31-24)29-28-19-11-7-6-8-12-19/h6-13,28H,14-15H2,1-5H3,(H,27,30)/b29-21-. The maximum absolute atomic E-state index is 13.1. The predicted molar refractivity (Wildman–Crippen MR) is 126 cm³/mol. The fraction of sp³-hybridized carbons (Fsp3) is 0.308. The zero-order chi connectivity index (χ0) is 22.2. The largest absolute Gasteiger partial charge is 0.455 e. The minimum atomic E-state index is -0.228. The van der Waals surface area contributed by atoms with Gasteiger partial charge in [0.15, 0.2) is 5.76 Å². The molecule has 5 heteroatoms. The number of carbonyl (C=O) groups is 1. The molecule has 1 heterocycles. The lowest BCUT2D eigenvalue weighted by molar-refractivity contribution is 0.0992. The van der Waals surface area contributed by atoms with Gasteiger partial charge in [0.2, 0.25) is 0 Å². The van der Waals surface area contributed by atoms with Crippen LogP contribution in [-0.4, -0.2) is 11.6 Å². The number of furan rings is 1. The van der Waals surface area contributed by atoms with Crippen LogP contribution in [0.25, 0.3) is 0 Å². The highest BCUT2D eigenvalue weighted by molar-refractivity contribution is 6.09. The summed E-state index contributed by atoms with van der Waals surface area (Å²) in [5.41, 5.74) is 9.78. The van der Waals surface area contributed by atoms with E-state index in [2.05, 4.69) is 24.6 Å². The molecule has 1 aliphatic carbocycles. The summed E-state index contributed by atoms with van der Waals surface area (Å²) in [6.07, 6.45) is 1.57. The van der Waals surface area contributed by atoms with Crippen LogP contribution in [0.5, 0.6) is 0 Å². The van der Waals surface area contributed by atoms with Gasteiger partial charge in [-0.2, -0.15) is 5.10 Å². The molecule has 0 atom stereocenters. The van der Waals surface area contributed by atoms with Gasteiger partial charge in [0.05, 0.1) is 11.4 Å². The number of rotatable bonds is 4. The minimum absolute atomic E-state index is 0.00459. The normalized spacial score (nSPS) is 16.1. The van der Waals surface area contributed by atoms with Crippen molar-refractivity contribution >= 4 is 23.0 Å². The van der Waals surface area contributed by atoms with Gasteiger partial charge in [0.25, 0.3) is 5.91 Å². The molecule has 1 aromatic heterocycles. The summed E-state index contributed by atoms with van der Waals surface area (Å²) in [6.45, 7) is 10.4. The summed E-state index contributed by atoms with van der Waals surface area (Å²) >= 11 is 0. The van der Waals surface area contributed by atoms with E-state index < -0.39 is 0 Å². The summed E-state index contributed by atoms with van der Waals surface area (Å²) in [5.74, 6) is 0.957. The molecule has 0 radical (unpaired) electrons. The van der Waals surface area contributed by atoms with Crippen LogP contribution in [-0.2, 0) is 6.42 Å². The molecule has 4 rings (SSSR count). The van der Waals surface area contributed by atoms with Crippen LogP contribution in [0, 0.1) is 26.2 Å². The fourth-order valence-corrected chi connectivity index (χ4v) is 4.14. The Bertz CT molecular complexity index is 1160. The van der Waals surface area contributed by atoms with Gasteiger partial charge >= 0.3 is 0 Å². The van der Waals surface area contributed by atoms with E-state index in [-0.39, 0.29) is 11.3 Å². The van der Waals surface area contributed by atoms with E-state index in [0.717, 1.165) is 57.9 Å². The van der Waals surface area contributed by atoms with Gasteiger partial charge in [-0.15, -0.1) is 0 Å². The number of anilines is 2. The molecule has 0 saturated carbocycles. The van der Waals surface area contributed by atoms with Crippen molar-refractivity contribution in [2.24, 2.45) is 10.5 Å². The lowest BCUT2D eigenvalue weighted by atomic mass is 9.75. The molecule has 0 bridgehead atoms. The van der Waals surface area contributed by atoms with Gasteiger partial charge in [-0.3, -0.25) is 10.2 Å². The van der Waals surface area contributed by atoms with E-state index >= 15 is 0 Å². The van der Waals surface area contributed by atoms with Crippen molar-refractivity contribution in [3.63, 3.8) is 0 Å². The van der Waals surface area contributed by atoms with Crippen molar-refractivity contribution in [1.29, 1.82) is 0 Å². The quantitative estimate of drug-likeness (QED) is 0.495. The molecule has 1 aliphatic rings. The van der Waals surface area contributed by atoms with Crippen molar-refractivity contribution in [1.82, 2.24) is 0 Å². The topological polar surface area (TPSA) is 66.6 Å². The van der Waals surface area contributed by atoms with Gasteiger partial charge in [-0.05, 0) is 61.9 Å². The van der Waals surface area contributed by atoms with Crippen molar-refractivity contribution in [2.75, 3.05) is 10.7 Å². The Labute approximate surface area is 183 Å². The molecule has 0 aliphatic heterocycles. The van der Waals surface area contributed by atoms with E-state index in [9.17, 15) is 4.79 Å². The predicted octanol–water partition coefficient (Wildman–Crippen LogP) is 6.25. The summed E-state index contributed by atoms with van der Waals surface area (Å²) in [6, 6.07) is 15.8. The number of benzene rings is 2. The maximum Gasteiger partial charge on any atom is 0.291 e. The molecule has 1 amide bonds. The fourth-order valence-electron chi connectivity index (χ4n) is 4.14. The third-order valence-corrected chi connectivity index (χ3v) is 5.95. The first kappa shape index (κ1) is 20.9. The molecular weight excluding hydrogens is 386 g/mol. The average Bonchev–Trinajstić information content (AvgIpc) is 3.05. The van der Waals surface area contributed by atoms with Gasteiger partial charge < -0.3 is 9.73 Å². The number of carbonyl (C=O) groups excluding carboxylic acids is 1. The lowest BCUT2D eigenvalue weighted by Gasteiger charge is -2.29. The van der Waals surface area contributed by atoms with Crippen LogP contribution in [0.3, 0.4) is 0 Å². The first-order chi connectivity index (χ1) is 14.7. The number of hydrogen-bond donors (Lipinski definition) is 2. The van der Waals surface area contributed by atoms with Crippen molar-refractivity contribution in [3.05, 3.63) is 82.3 Å². The second-order valence-corrected chi connectivity index (χ2v) is 9.11. The molecule has 0 saturated heterocycles. The van der Waals surface area contributed by atoms with Crippen molar-refractivity contribution in [2.45, 2.75) is 47.5 Å². The second kappa shape index (κ2) is 8.06. The van der Waals surface area contributed by atoms with Gasteiger partial charge in [0.1, 0.15) is 5.76 Å². The molecule has 2 N–H and O–H groups in total. The van der Waals surface area contributed by atoms with Crippen LogP contribution in [0.2, 0.25) is 0 Å². The Morgan fingerprint density at radius 1 is 0.968 bits per heavy atom. The van der Waals surface area contributed by atoms with Gasteiger partial charge in [0, 0.05) is 23.2 Å². The first-order valence-electron chi connectivity index (χ1n) is 10.6. The number of para-hydroxylation sites is 1. The monoisotopic (exact) mass is 415 g/mol. The highest BCUT2D eigenvalue weighted by atomic mass is 16.4. The average molecular weight is 416 g/mol. The number of nitrogens with zero attached hydrogens (tertiary/aromatic N) is 1. The summed E-state index contributed by atoms with van der Waals surface area (Å²) in [5, 5.41) is 7.73. The third kappa shape index (κ3) is 4.26. The Morgan fingerprint density at radius 2 is 1.71 bits per heavy atom. The number of aryl methyl sites for hydroxylation is 1. The highest BCUT2D eigenvalue weighted by Crippen LogP contribution is 2.39. The second-order valence-electron chi connectivity index (χ2n) is 9.11. The Hall–Kier alpha value is -3.34. The Kier molecular flexibility index (Phi) is 5.44. The molecule has 0 unspecified atom stereocenters. The highest BCUT2D eigenvalue weighted by Gasteiger charge is 2.36. The van der Waals surface area contributed by atoms with Crippen LogP contribution < -0.4 is 10.7 Å². The number of hydrazone groups is 1. The Morgan fingerprint density at radius 3 is 2.45 bits per heavy atom. The van der Waals surface area contributed by atoms with Crippen LogP contribution in [0.1, 0.15) is 58.8 Å². The van der Waals surface area contributed by atoms with Gasteiger partial charge in [-0.1, -0.05) is 44.2 Å². The molecule has 0 spiro atoms. The number of amides is 1. The lowest BCUT2D eigenvalue weighted by Crippen LogP contribution is -2.27. The first-order valence-corrected chi connectivity index (χ1v) is 10.6. The van der Waals surface area contributed by atoms with Crippen molar-refractivity contribution in [3.8, 4) is 0 Å². The number of nitrogens with one attached hydrogen (secondary N) is 2. The molecule has 31 heavy (non-hydrogen) atoms. The van der Waals surface area contributed by atoms with Crippen LogP contribution in [0.4, 0.5) is 11.4 Å². The van der Waals surface area contributed by atoms with Crippen LogP contribution >= 0.6 is 0 Å². The third-order valence-electron chi connectivity index (χ3n) is 5.95. The number of fused-ring (bicyclic) bond motifs is 1. The summed E-state index contributed by atoms with van der Waals surface area (Å²) in [7, 11) is 0. The van der Waals surface area contributed by atoms with Crippen molar-refractivity contribution < 1.29 is 9.21 Å². The zero-order valence-corrected chi connectivity index (χ0v) is 18.8. The number of hydrogen-bond acceptors (Lipinski definition) is 4. The molecule has 5 nitrogen and oxygen atoms in total. The smallest absolute Gasteiger partial charge is 0.291 e. The maximum atomic E-state index is 13.1. The van der Waals surface area contributed by atoms with E-state index in [4.69, 9.17) is 9.52 Å². The molecule has 160 valence electrons. The van der Waals surface area contributed by atoms with E-state index in [1.165, 1.54) is 0 Å². The minimum Gasteiger partial charge on any atom is -0.455 e. The van der Waals surface area contributed by atoms with E-state index in [1.807, 2.05) is 69.3 Å².